The molecule has 0 heterocycles. The predicted octanol–water partition coefficient (Wildman–Crippen LogP) is 2.18. The number of aliphatic hydroxyl groups is 1. The van der Waals surface area contributed by atoms with E-state index in [1.165, 1.54) is 7.11 Å². The lowest BCUT2D eigenvalue weighted by atomic mass is 10.1. The van der Waals surface area contributed by atoms with E-state index >= 15 is 0 Å². The molecule has 2 N–H and O–H groups in total. The van der Waals surface area contributed by atoms with E-state index in [-0.39, 0.29) is 18.9 Å². The SMILES string of the molecule is COC(=O)CCNCC(O)c1cc(Cl)ccc1Cl. The van der Waals surface area contributed by atoms with Crippen LogP contribution in [0.1, 0.15) is 18.1 Å². The van der Waals surface area contributed by atoms with Gasteiger partial charge in [-0.3, -0.25) is 4.79 Å². The normalized spacial score (nSPS) is 12.2. The molecule has 0 saturated heterocycles. The molecule has 0 fully saturated rings. The Morgan fingerprint density at radius 2 is 2.22 bits per heavy atom. The van der Waals surface area contributed by atoms with Crippen LogP contribution in [0.15, 0.2) is 18.2 Å². The number of carbonyl (C=O) groups excluding carboxylic acids is 1. The number of hydrogen-bond acceptors (Lipinski definition) is 4. The fourth-order valence-electron chi connectivity index (χ4n) is 1.41. The number of carbonyl (C=O) groups is 1. The highest BCUT2D eigenvalue weighted by molar-refractivity contribution is 6.33. The highest BCUT2D eigenvalue weighted by Gasteiger charge is 2.12. The molecule has 1 aromatic rings. The van der Waals surface area contributed by atoms with Crippen LogP contribution < -0.4 is 5.32 Å². The zero-order chi connectivity index (χ0) is 13.5. The van der Waals surface area contributed by atoms with Crippen molar-refractivity contribution in [3.63, 3.8) is 0 Å². The summed E-state index contributed by atoms with van der Waals surface area (Å²) in [5, 5.41) is 13.8. The lowest BCUT2D eigenvalue weighted by Gasteiger charge is -2.13. The zero-order valence-corrected chi connectivity index (χ0v) is 11.5. The van der Waals surface area contributed by atoms with E-state index in [9.17, 15) is 9.90 Å². The third-order valence-electron chi connectivity index (χ3n) is 2.39. The third-order valence-corrected chi connectivity index (χ3v) is 2.97. The van der Waals surface area contributed by atoms with Crippen LogP contribution in [0.3, 0.4) is 0 Å². The molecule has 4 nitrogen and oxygen atoms in total. The van der Waals surface area contributed by atoms with E-state index in [4.69, 9.17) is 23.2 Å². The summed E-state index contributed by atoms with van der Waals surface area (Å²) in [5.74, 6) is -0.294. The fourth-order valence-corrected chi connectivity index (χ4v) is 1.84. The second-order valence-electron chi connectivity index (χ2n) is 3.71. The summed E-state index contributed by atoms with van der Waals surface area (Å²) in [7, 11) is 1.34. The van der Waals surface area contributed by atoms with Crippen molar-refractivity contribution in [1.29, 1.82) is 0 Å². The number of rotatable bonds is 6. The molecule has 18 heavy (non-hydrogen) atoms. The van der Waals surface area contributed by atoms with Crippen LogP contribution in [-0.4, -0.2) is 31.3 Å². The topological polar surface area (TPSA) is 58.6 Å². The second kappa shape index (κ2) is 7.59. The van der Waals surface area contributed by atoms with Gasteiger partial charge in [0.05, 0.1) is 19.6 Å². The van der Waals surface area contributed by atoms with Gasteiger partial charge in [0, 0.05) is 28.7 Å². The Kier molecular flexibility index (Phi) is 6.43. The second-order valence-corrected chi connectivity index (χ2v) is 4.56. The van der Waals surface area contributed by atoms with Crippen LogP contribution in [0.2, 0.25) is 10.0 Å². The molecule has 6 heteroatoms. The molecular formula is C12H15Cl2NO3. The monoisotopic (exact) mass is 291 g/mol. The minimum absolute atomic E-state index is 0.256. The molecule has 1 atom stereocenters. The van der Waals surface area contributed by atoms with Crippen molar-refractivity contribution in [1.82, 2.24) is 5.32 Å². The molecular weight excluding hydrogens is 277 g/mol. The van der Waals surface area contributed by atoms with Crippen molar-refractivity contribution in [3.05, 3.63) is 33.8 Å². The number of ether oxygens (including phenoxy) is 1. The quantitative estimate of drug-likeness (QED) is 0.623. The standard InChI is InChI=1S/C12H15Cl2NO3/c1-18-12(17)4-5-15-7-11(16)9-6-8(13)2-3-10(9)14/h2-3,6,11,15-16H,4-5,7H2,1H3. The molecule has 0 aliphatic heterocycles. The number of halogens is 2. The lowest BCUT2D eigenvalue weighted by Crippen LogP contribution is -2.24. The number of hydrogen-bond donors (Lipinski definition) is 2. The van der Waals surface area contributed by atoms with Gasteiger partial charge in [0.1, 0.15) is 0 Å². The van der Waals surface area contributed by atoms with Crippen LogP contribution in [0.4, 0.5) is 0 Å². The maximum absolute atomic E-state index is 10.9. The van der Waals surface area contributed by atoms with Crippen molar-refractivity contribution in [2.45, 2.75) is 12.5 Å². The van der Waals surface area contributed by atoms with Gasteiger partial charge in [0.25, 0.3) is 0 Å². The molecule has 1 unspecified atom stereocenters. The summed E-state index contributed by atoms with van der Waals surface area (Å²) < 4.78 is 4.50. The minimum atomic E-state index is -0.770. The Morgan fingerprint density at radius 3 is 2.89 bits per heavy atom. The van der Waals surface area contributed by atoms with Gasteiger partial charge in [-0.25, -0.2) is 0 Å². The van der Waals surface area contributed by atoms with Gasteiger partial charge in [-0.2, -0.15) is 0 Å². The van der Waals surface area contributed by atoms with Gasteiger partial charge in [-0.1, -0.05) is 23.2 Å². The zero-order valence-electron chi connectivity index (χ0n) is 9.95. The molecule has 0 radical (unpaired) electrons. The summed E-state index contributed by atoms with van der Waals surface area (Å²) >= 11 is 11.8. The fraction of sp³-hybridized carbons (Fsp3) is 0.417. The molecule has 0 spiro atoms. The largest absolute Gasteiger partial charge is 0.469 e. The molecule has 100 valence electrons. The Morgan fingerprint density at radius 1 is 1.50 bits per heavy atom. The Balaban J connectivity index is 2.43. The van der Waals surface area contributed by atoms with Gasteiger partial charge < -0.3 is 15.2 Å². The van der Waals surface area contributed by atoms with E-state index in [2.05, 4.69) is 10.1 Å². The smallest absolute Gasteiger partial charge is 0.306 e. The van der Waals surface area contributed by atoms with Gasteiger partial charge in [-0.15, -0.1) is 0 Å². The number of aliphatic hydroxyl groups excluding tert-OH is 1. The molecule has 0 aliphatic rings. The molecule has 0 amide bonds. The lowest BCUT2D eigenvalue weighted by molar-refractivity contribution is -0.140. The third kappa shape index (κ3) is 4.82. The van der Waals surface area contributed by atoms with Gasteiger partial charge >= 0.3 is 5.97 Å². The first-order valence-electron chi connectivity index (χ1n) is 5.45. The Hall–Kier alpha value is -0.810. The summed E-state index contributed by atoms with van der Waals surface area (Å²) in [4.78, 5) is 10.9. The molecule has 1 aromatic carbocycles. The number of benzene rings is 1. The molecule has 0 saturated carbocycles. The number of methoxy groups -OCH3 is 1. The summed E-state index contributed by atoms with van der Waals surface area (Å²) in [6.07, 6.45) is -0.513. The summed E-state index contributed by atoms with van der Waals surface area (Å²) in [6.45, 7) is 0.721. The van der Waals surface area contributed by atoms with Crippen LogP contribution >= 0.6 is 23.2 Å². The predicted molar refractivity (Wildman–Crippen MR) is 70.9 cm³/mol. The van der Waals surface area contributed by atoms with E-state index in [0.717, 1.165) is 0 Å². The van der Waals surface area contributed by atoms with Crippen LogP contribution in [0.5, 0.6) is 0 Å². The van der Waals surface area contributed by atoms with E-state index in [1.54, 1.807) is 18.2 Å². The van der Waals surface area contributed by atoms with Gasteiger partial charge in [0.15, 0.2) is 0 Å². The highest BCUT2D eigenvalue weighted by atomic mass is 35.5. The van der Waals surface area contributed by atoms with Crippen LogP contribution in [0.25, 0.3) is 0 Å². The molecule has 1 rings (SSSR count). The summed E-state index contributed by atoms with van der Waals surface area (Å²) in [5.41, 5.74) is 0.565. The van der Waals surface area contributed by atoms with E-state index in [0.29, 0.717) is 22.2 Å². The first-order chi connectivity index (χ1) is 8.54. The van der Waals surface area contributed by atoms with Crippen LogP contribution in [0, 0.1) is 0 Å². The van der Waals surface area contributed by atoms with Crippen molar-refractivity contribution in [2.75, 3.05) is 20.2 Å². The molecule has 0 bridgehead atoms. The van der Waals surface area contributed by atoms with Crippen molar-refractivity contribution < 1.29 is 14.6 Å². The Labute approximate surface area is 116 Å². The first kappa shape index (κ1) is 15.2. The maximum atomic E-state index is 10.9. The average Bonchev–Trinajstić information content (AvgIpc) is 2.36. The average molecular weight is 292 g/mol. The maximum Gasteiger partial charge on any atom is 0.306 e. The van der Waals surface area contributed by atoms with E-state index < -0.39 is 6.10 Å². The van der Waals surface area contributed by atoms with Crippen molar-refractivity contribution in [2.24, 2.45) is 0 Å². The van der Waals surface area contributed by atoms with E-state index in [1.807, 2.05) is 0 Å². The van der Waals surface area contributed by atoms with Crippen molar-refractivity contribution in [3.8, 4) is 0 Å². The van der Waals surface area contributed by atoms with Crippen LogP contribution in [-0.2, 0) is 9.53 Å². The minimum Gasteiger partial charge on any atom is -0.469 e. The number of esters is 1. The Bertz CT molecular complexity index is 412. The van der Waals surface area contributed by atoms with Gasteiger partial charge in [-0.05, 0) is 18.2 Å². The molecule has 0 aliphatic carbocycles. The molecule has 0 aromatic heterocycles. The highest BCUT2D eigenvalue weighted by Crippen LogP contribution is 2.25. The summed E-state index contributed by atoms with van der Waals surface area (Å²) in [6, 6.07) is 4.91. The van der Waals surface area contributed by atoms with Crippen molar-refractivity contribution >= 4 is 29.2 Å². The first-order valence-corrected chi connectivity index (χ1v) is 6.20. The number of nitrogens with one attached hydrogen (secondary N) is 1. The van der Waals surface area contributed by atoms with Gasteiger partial charge in [0.2, 0.25) is 0 Å².